The van der Waals surface area contributed by atoms with Crippen molar-refractivity contribution in [3.63, 3.8) is 0 Å². The smallest absolute Gasteiger partial charge is 0.326 e. The molecule has 4 N–H and O–H groups in total. The first-order valence-corrected chi connectivity index (χ1v) is 6.52. The molecule has 0 radical (unpaired) electrons. The van der Waals surface area contributed by atoms with Crippen molar-refractivity contribution in [3.05, 3.63) is 70.4 Å². The summed E-state index contributed by atoms with van der Waals surface area (Å²) in [6.07, 6.45) is 0.168. The average molecular weight is 285 g/mol. The van der Waals surface area contributed by atoms with Crippen molar-refractivity contribution in [2.45, 2.75) is 12.8 Å². The number of nitrogens with one attached hydrogen (secondary N) is 2. The lowest BCUT2D eigenvalue weighted by Gasteiger charge is -2.05. The van der Waals surface area contributed by atoms with Crippen molar-refractivity contribution in [2.75, 3.05) is 0 Å². The Morgan fingerprint density at radius 2 is 1.95 bits per heavy atom. The summed E-state index contributed by atoms with van der Waals surface area (Å²) in [5.74, 6) is 0. The fourth-order valence-electron chi connectivity index (χ4n) is 2.31. The van der Waals surface area contributed by atoms with Gasteiger partial charge in [0.1, 0.15) is 0 Å². The standard InChI is InChI=1S/C15H15N3O3/c19-14(17-21)13-9-18(15(20)16-13)8-10-5-6-11-3-1-2-4-12(11)7-10/h1-7,9,14,17,19,21H,8H2,(H,16,20). The summed E-state index contributed by atoms with van der Waals surface area (Å²) in [5.41, 5.74) is 2.53. The van der Waals surface area contributed by atoms with E-state index in [1.54, 1.807) is 5.48 Å². The number of hydroxylamine groups is 1. The second-order valence-electron chi connectivity index (χ2n) is 4.86. The number of aromatic amines is 1. The minimum atomic E-state index is -1.31. The van der Waals surface area contributed by atoms with Gasteiger partial charge in [0, 0.05) is 6.20 Å². The van der Waals surface area contributed by atoms with E-state index in [-0.39, 0.29) is 11.4 Å². The molecule has 0 spiro atoms. The Balaban J connectivity index is 1.91. The number of aliphatic hydroxyl groups excluding tert-OH is 1. The van der Waals surface area contributed by atoms with Gasteiger partial charge in [0.15, 0.2) is 6.23 Å². The van der Waals surface area contributed by atoms with E-state index in [9.17, 15) is 9.90 Å². The van der Waals surface area contributed by atoms with Gasteiger partial charge in [-0.3, -0.25) is 4.57 Å². The van der Waals surface area contributed by atoms with E-state index in [1.807, 2.05) is 42.5 Å². The zero-order valence-corrected chi connectivity index (χ0v) is 11.2. The van der Waals surface area contributed by atoms with Gasteiger partial charge in [0.05, 0.1) is 12.2 Å². The van der Waals surface area contributed by atoms with Crippen molar-refractivity contribution in [3.8, 4) is 0 Å². The molecule has 0 aliphatic carbocycles. The predicted molar refractivity (Wildman–Crippen MR) is 78.0 cm³/mol. The number of hydrogen-bond donors (Lipinski definition) is 4. The normalized spacial score (nSPS) is 12.7. The third-order valence-electron chi connectivity index (χ3n) is 3.39. The van der Waals surface area contributed by atoms with E-state index in [4.69, 9.17) is 5.21 Å². The number of imidazole rings is 1. The Morgan fingerprint density at radius 1 is 1.19 bits per heavy atom. The van der Waals surface area contributed by atoms with Gasteiger partial charge in [-0.25, -0.2) is 4.79 Å². The Labute approximate surface area is 120 Å². The van der Waals surface area contributed by atoms with Crippen LogP contribution in [-0.4, -0.2) is 19.9 Å². The molecule has 108 valence electrons. The Hall–Kier alpha value is -2.41. The van der Waals surface area contributed by atoms with E-state index in [1.165, 1.54) is 10.8 Å². The minimum absolute atomic E-state index is 0.211. The lowest BCUT2D eigenvalue weighted by atomic mass is 10.1. The second kappa shape index (κ2) is 5.53. The van der Waals surface area contributed by atoms with Gasteiger partial charge in [-0.1, -0.05) is 36.4 Å². The number of H-pyrrole nitrogens is 1. The zero-order valence-electron chi connectivity index (χ0n) is 11.2. The van der Waals surface area contributed by atoms with E-state index in [0.29, 0.717) is 6.54 Å². The summed E-state index contributed by atoms with van der Waals surface area (Å²) in [6.45, 7) is 0.387. The first-order valence-electron chi connectivity index (χ1n) is 6.52. The monoisotopic (exact) mass is 285 g/mol. The number of aliphatic hydroxyl groups is 1. The number of fused-ring (bicyclic) bond motifs is 1. The van der Waals surface area contributed by atoms with Crippen molar-refractivity contribution >= 4 is 10.8 Å². The van der Waals surface area contributed by atoms with E-state index >= 15 is 0 Å². The highest BCUT2D eigenvalue weighted by atomic mass is 16.5. The zero-order chi connectivity index (χ0) is 14.8. The van der Waals surface area contributed by atoms with Crippen LogP contribution in [0.1, 0.15) is 17.5 Å². The summed E-state index contributed by atoms with van der Waals surface area (Å²) >= 11 is 0. The topological polar surface area (TPSA) is 90.3 Å². The molecule has 0 saturated heterocycles. The van der Waals surface area contributed by atoms with Crippen LogP contribution in [-0.2, 0) is 6.54 Å². The molecule has 0 aliphatic rings. The highest BCUT2D eigenvalue weighted by molar-refractivity contribution is 5.82. The van der Waals surface area contributed by atoms with Crippen LogP contribution in [0.25, 0.3) is 10.8 Å². The van der Waals surface area contributed by atoms with Gasteiger partial charge in [0.25, 0.3) is 0 Å². The molecule has 0 amide bonds. The molecule has 21 heavy (non-hydrogen) atoms. The van der Waals surface area contributed by atoms with Crippen LogP contribution in [0.3, 0.4) is 0 Å². The molecule has 1 heterocycles. The number of aromatic nitrogens is 2. The Morgan fingerprint density at radius 3 is 2.71 bits per heavy atom. The summed E-state index contributed by atoms with van der Waals surface area (Å²) in [7, 11) is 0. The first kappa shape index (κ1) is 13.6. The van der Waals surface area contributed by atoms with Crippen molar-refractivity contribution in [1.29, 1.82) is 0 Å². The van der Waals surface area contributed by atoms with Gasteiger partial charge in [-0.2, -0.15) is 5.48 Å². The van der Waals surface area contributed by atoms with Gasteiger partial charge >= 0.3 is 5.69 Å². The highest BCUT2D eigenvalue weighted by Crippen LogP contribution is 2.16. The average Bonchev–Trinajstić information content (AvgIpc) is 2.87. The second-order valence-corrected chi connectivity index (χ2v) is 4.86. The molecule has 0 bridgehead atoms. The largest absolute Gasteiger partial charge is 0.371 e. The maximum atomic E-state index is 11.8. The van der Waals surface area contributed by atoms with Crippen molar-refractivity contribution in [2.24, 2.45) is 0 Å². The molecule has 0 fully saturated rings. The first-order chi connectivity index (χ1) is 10.2. The maximum absolute atomic E-state index is 11.8. The van der Waals surface area contributed by atoms with Crippen LogP contribution in [0.15, 0.2) is 53.5 Å². The third-order valence-corrected chi connectivity index (χ3v) is 3.39. The lowest BCUT2D eigenvalue weighted by molar-refractivity contribution is -0.00174. The molecular weight excluding hydrogens is 270 g/mol. The summed E-state index contributed by atoms with van der Waals surface area (Å²) in [6, 6.07) is 14.0. The van der Waals surface area contributed by atoms with E-state index in [2.05, 4.69) is 4.98 Å². The predicted octanol–water partition coefficient (Wildman–Crippen LogP) is 1.35. The minimum Gasteiger partial charge on any atom is -0.371 e. The number of hydrogen-bond acceptors (Lipinski definition) is 4. The van der Waals surface area contributed by atoms with Gasteiger partial charge in [-0.15, -0.1) is 0 Å². The van der Waals surface area contributed by atoms with E-state index < -0.39 is 6.23 Å². The number of benzene rings is 2. The van der Waals surface area contributed by atoms with Crippen LogP contribution < -0.4 is 11.2 Å². The Kier molecular flexibility index (Phi) is 3.57. The van der Waals surface area contributed by atoms with Crippen molar-refractivity contribution < 1.29 is 10.3 Å². The summed E-state index contributed by atoms with van der Waals surface area (Å²) < 4.78 is 1.44. The lowest BCUT2D eigenvalue weighted by Crippen LogP contribution is -2.18. The molecule has 2 aromatic carbocycles. The van der Waals surface area contributed by atoms with Crippen LogP contribution in [0.2, 0.25) is 0 Å². The number of rotatable bonds is 4. The number of nitrogens with zero attached hydrogens (tertiary/aromatic N) is 1. The van der Waals surface area contributed by atoms with Crippen LogP contribution in [0.4, 0.5) is 0 Å². The van der Waals surface area contributed by atoms with Crippen LogP contribution >= 0.6 is 0 Å². The molecule has 0 saturated carbocycles. The molecule has 3 rings (SSSR count). The summed E-state index contributed by atoms with van der Waals surface area (Å²) in [4.78, 5) is 14.3. The van der Waals surface area contributed by atoms with Crippen LogP contribution in [0.5, 0.6) is 0 Å². The van der Waals surface area contributed by atoms with Gasteiger partial charge in [-0.05, 0) is 22.4 Å². The molecule has 6 heteroatoms. The maximum Gasteiger partial charge on any atom is 0.326 e. The molecule has 3 aromatic rings. The van der Waals surface area contributed by atoms with Gasteiger partial charge < -0.3 is 15.3 Å². The molecule has 1 atom stereocenters. The fourth-order valence-corrected chi connectivity index (χ4v) is 2.31. The highest BCUT2D eigenvalue weighted by Gasteiger charge is 2.11. The SMILES string of the molecule is O=c1[nH]c(C(O)NO)cn1Cc1ccc2ccccc2c1. The van der Waals surface area contributed by atoms with E-state index in [0.717, 1.165) is 16.3 Å². The van der Waals surface area contributed by atoms with Crippen molar-refractivity contribution in [1.82, 2.24) is 15.0 Å². The van der Waals surface area contributed by atoms with Gasteiger partial charge in [0.2, 0.25) is 0 Å². The Bertz CT molecular complexity index is 822. The quantitative estimate of drug-likeness (QED) is 0.430. The third kappa shape index (κ3) is 2.73. The fraction of sp³-hybridized carbons (Fsp3) is 0.133. The van der Waals surface area contributed by atoms with Crippen LogP contribution in [0, 0.1) is 0 Å². The molecular formula is C15H15N3O3. The summed E-state index contributed by atoms with van der Waals surface area (Å²) in [5, 5.41) is 20.3. The molecule has 1 aromatic heterocycles. The molecule has 0 aliphatic heterocycles. The molecule has 6 nitrogen and oxygen atoms in total. The molecule has 1 unspecified atom stereocenters.